The van der Waals surface area contributed by atoms with E-state index < -0.39 is 5.79 Å². The van der Waals surface area contributed by atoms with Crippen LogP contribution in [-0.4, -0.2) is 25.7 Å². The van der Waals surface area contributed by atoms with Crippen molar-refractivity contribution in [2.45, 2.75) is 26.1 Å². The highest BCUT2D eigenvalue weighted by Crippen LogP contribution is 2.45. The minimum Gasteiger partial charge on any atom is -0.338 e. The zero-order chi connectivity index (χ0) is 13.5. The van der Waals surface area contributed by atoms with E-state index in [4.69, 9.17) is 9.47 Å². The van der Waals surface area contributed by atoms with Gasteiger partial charge in [-0.1, -0.05) is 32.0 Å². The summed E-state index contributed by atoms with van der Waals surface area (Å²) < 4.78 is 11.5. The molecule has 0 N–H and O–H groups in total. The average Bonchev–Trinajstić information content (AvgIpc) is 2.63. The molecule has 0 unspecified atom stereocenters. The van der Waals surface area contributed by atoms with E-state index in [1.165, 1.54) is 0 Å². The average molecular weight is 261 g/mol. The van der Waals surface area contributed by atoms with Gasteiger partial charge in [-0.2, -0.15) is 0 Å². The van der Waals surface area contributed by atoms with Gasteiger partial charge in [-0.25, -0.2) is 0 Å². The molecule has 3 rings (SSSR count). The summed E-state index contributed by atoms with van der Waals surface area (Å²) in [6.07, 6.45) is 0.835. The van der Waals surface area contributed by atoms with Gasteiger partial charge in [0.05, 0.1) is 18.9 Å². The van der Waals surface area contributed by atoms with E-state index in [2.05, 4.69) is 13.8 Å². The monoisotopic (exact) mass is 261 g/mol. The van der Waals surface area contributed by atoms with Crippen LogP contribution < -0.4 is 4.90 Å². The Hall–Kier alpha value is -1.39. The van der Waals surface area contributed by atoms with Gasteiger partial charge in [0.15, 0.2) is 0 Å². The van der Waals surface area contributed by atoms with Crippen molar-refractivity contribution in [1.82, 2.24) is 0 Å². The molecule has 1 saturated heterocycles. The molecule has 0 atom stereocenters. The maximum absolute atomic E-state index is 12.8. The standard InChI is InChI=1S/C15H19NO3/c1-11(2)10-16-13-7-4-3-6-12(13)15(14(16)17)18-8-5-9-19-15/h3-4,6-7,11H,5,8-10H2,1-2H3. The summed E-state index contributed by atoms with van der Waals surface area (Å²) in [5.74, 6) is -0.873. The third-order valence-corrected chi connectivity index (χ3v) is 3.52. The Morgan fingerprint density at radius 3 is 2.63 bits per heavy atom. The van der Waals surface area contributed by atoms with Crippen LogP contribution in [0, 0.1) is 5.92 Å². The lowest BCUT2D eigenvalue weighted by atomic mass is 10.1. The van der Waals surface area contributed by atoms with Crippen molar-refractivity contribution in [3.05, 3.63) is 29.8 Å². The fourth-order valence-electron chi connectivity index (χ4n) is 2.75. The van der Waals surface area contributed by atoms with Crippen molar-refractivity contribution in [2.75, 3.05) is 24.7 Å². The highest BCUT2D eigenvalue weighted by Gasteiger charge is 2.54. The van der Waals surface area contributed by atoms with E-state index in [1.54, 1.807) is 4.90 Å². The zero-order valence-corrected chi connectivity index (χ0v) is 11.4. The second-order valence-corrected chi connectivity index (χ2v) is 5.49. The summed E-state index contributed by atoms with van der Waals surface area (Å²) in [5.41, 5.74) is 1.77. The lowest BCUT2D eigenvalue weighted by molar-refractivity contribution is -0.256. The molecule has 2 aliphatic rings. The van der Waals surface area contributed by atoms with E-state index in [0.29, 0.717) is 25.7 Å². The van der Waals surface area contributed by atoms with Crippen molar-refractivity contribution >= 4 is 11.6 Å². The topological polar surface area (TPSA) is 38.8 Å². The first-order valence-corrected chi connectivity index (χ1v) is 6.84. The van der Waals surface area contributed by atoms with Gasteiger partial charge in [0, 0.05) is 12.1 Å². The van der Waals surface area contributed by atoms with Gasteiger partial charge in [-0.15, -0.1) is 0 Å². The largest absolute Gasteiger partial charge is 0.338 e. The lowest BCUT2D eigenvalue weighted by Crippen LogP contribution is -2.47. The first-order chi connectivity index (χ1) is 9.15. The van der Waals surface area contributed by atoms with Gasteiger partial charge < -0.3 is 14.4 Å². The van der Waals surface area contributed by atoms with Crippen molar-refractivity contribution in [2.24, 2.45) is 5.92 Å². The van der Waals surface area contributed by atoms with Crippen molar-refractivity contribution in [3.8, 4) is 0 Å². The van der Waals surface area contributed by atoms with Crippen LogP contribution in [0.15, 0.2) is 24.3 Å². The Balaban J connectivity index is 2.06. The van der Waals surface area contributed by atoms with Crippen LogP contribution in [0.3, 0.4) is 0 Å². The molecule has 2 aliphatic heterocycles. The van der Waals surface area contributed by atoms with Gasteiger partial charge >= 0.3 is 0 Å². The maximum atomic E-state index is 12.8. The lowest BCUT2D eigenvalue weighted by Gasteiger charge is -2.32. The SMILES string of the molecule is CC(C)CN1C(=O)C2(OCCCO2)c2ccccc21. The number of hydrogen-bond donors (Lipinski definition) is 0. The number of hydrogen-bond acceptors (Lipinski definition) is 3. The molecule has 1 aromatic rings. The van der Waals surface area contributed by atoms with E-state index in [9.17, 15) is 4.79 Å². The van der Waals surface area contributed by atoms with Crippen LogP contribution in [0.5, 0.6) is 0 Å². The van der Waals surface area contributed by atoms with Gasteiger partial charge in [0.1, 0.15) is 0 Å². The smallest absolute Gasteiger partial charge is 0.292 e. The van der Waals surface area contributed by atoms with Crippen LogP contribution >= 0.6 is 0 Å². The number of anilines is 1. The van der Waals surface area contributed by atoms with E-state index in [1.807, 2.05) is 24.3 Å². The molecule has 0 radical (unpaired) electrons. The Kier molecular flexibility index (Phi) is 3.07. The number of ether oxygens (including phenoxy) is 2. The minimum absolute atomic E-state index is 0.0814. The van der Waals surface area contributed by atoms with Crippen LogP contribution in [0.25, 0.3) is 0 Å². The first-order valence-electron chi connectivity index (χ1n) is 6.84. The van der Waals surface area contributed by atoms with Crippen LogP contribution in [0.4, 0.5) is 5.69 Å². The Morgan fingerprint density at radius 2 is 1.95 bits per heavy atom. The molecule has 1 spiro atoms. The molecule has 4 nitrogen and oxygen atoms in total. The Bertz CT molecular complexity index is 492. The number of nitrogens with zero attached hydrogens (tertiary/aromatic N) is 1. The summed E-state index contributed by atoms with van der Waals surface area (Å²) in [7, 11) is 0. The first kappa shape index (κ1) is 12.6. The molecule has 0 aliphatic carbocycles. The van der Waals surface area contributed by atoms with Crippen molar-refractivity contribution in [3.63, 3.8) is 0 Å². The molecule has 1 amide bonds. The fourth-order valence-corrected chi connectivity index (χ4v) is 2.75. The second-order valence-electron chi connectivity index (χ2n) is 5.49. The number of amides is 1. The number of para-hydroxylation sites is 1. The molecule has 0 aromatic heterocycles. The highest BCUT2D eigenvalue weighted by atomic mass is 16.7. The fraction of sp³-hybridized carbons (Fsp3) is 0.533. The molecule has 0 bridgehead atoms. The molecule has 4 heteroatoms. The molecule has 19 heavy (non-hydrogen) atoms. The second kappa shape index (κ2) is 4.62. The summed E-state index contributed by atoms with van der Waals surface area (Å²) in [5, 5.41) is 0. The number of rotatable bonds is 2. The molecule has 1 fully saturated rings. The van der Waals surface area contributed by atoms with Gasteiger partial charge in [-0.3, -0.25) is 4.79 Å². The predicted molar refractivity (Wildman–Crippen MR) is 71.8 cm³/mol. The van der Waals surface area contributed by atoms with E-state index in [-0.39, 0.29) is 5.91 Å². The Morgan fingerprint density at radius 1 is 1.26 bits per heavy atom. The maximum Gasteiger partial charge on any atom is 0.292 e. The van der Waals surface area contributed by atoms with Crippen LogP contribution in [0.2, 0.25) is 0 Å². The predicted octanol–water partition coefficient (Wildman–Crippen LogP) is 2.28. The van der Waals surface area contributed by atoms with Gasteiger partial charge in [0.2, 0.25) is 0 Å². The van der Waals surface area contributed by atoms with Gasteiger partial charge in [-0.05, 0) is 18.4 Å². The Labute approximate surface area is 113 Å². The summed E-state index contributed by atoms with van der Waals surface area (Å²) in [6.45, 7) is 6.02. The molecular weight excluding hydrogens is 242 g/mol. The van der Waals surface area contributed by atoms with Gasteiger partial charge in [0.25, 0.3) is 11.7 Å². The third kappa shape index (κ3) is 1.86. The molecule has 102 valence electrons. The molecule has 2 heterocycles. The normalized spacial score (nSPS) is 21.2. The quantitative estimate of drug-likeness (QED) is 0.820. The van der Waals surface area contributed by atoms with Crippen LogP contribution in [-0.2, 0) is 20.1 Å². The highest BCUT2D eigenvalue weighted by molar-refractivity contribution is 6.06. The number of fused-ring (bicyclic) bond motifs is 2. The van der Waals surface area contributed by atoms with E-state index in [0.717, 1.165) is 17.7 Å². The van der Waals surface area contributed by atoms with E-state index >= 15 is 0 Å². The summed E-state index contributed by atoms with van der Waals surface area (Å²) in [6, 6.07) is 7.76. The van der Waals surface area contributed by atoms with Crippen molar-refractivity contribution in [1.29, 1.82) is 0 Å². The molecular formula is C15H19NO3. The number of benzene rings is 1. The molecule has 0 saturated carbocycles. The summed E-state index contributed by atoms with van der Waals surface area (Å²) in [4.78, 5) is 14.5. The number of carbonyl (C=O) groups is 1. The minimum atomic E-state index is -1.19. The zero-order valence-electron chi connectivity index (χ0n) is 11.4. The molecule has 1 aromatic carbocycles. The third-order valence-electron chi connectivity index (χ3n) is 3.52. The van der Waals surface area contributed by atoms with Crippen LogP contribution in [0.1, 0.15) is 25.8 Å². The summed E-state index contributed by atoms with van der Waals surface area (Å²) >= 11 is 0. The number of carbonyl (C=O) groups excluding carboxylic acids is 1. The van der Waals surface area contributed by atoms with Crippen molar-refractivity contribution < 1.29 is 14.3 Å².